The molecule has 0 radical (unpaired) electrons. The van der Waals surface area contributed by atoms with Crippen LogP contribution in [-0.2, 0) is 11.3 Å². The van der Waals surface area contributed by atoms with Gasteiger partial charge in [-0.25, -0.2) is 18.6 Å². The molecule has 0 spiro atoms. The molecule has 1 aromatic carbocycles. The fourth-order valence-electron chi connectivity index (χ4n) is 4.28. The van der Waals surface area contributed by atoms with Crippen molar-refractivity contribution in [2.45, 2.75) is 13.0 Å². The summed E-state index contributed by atoms with van der Waals surface area (Å²) >= 11 is 0. The first-order chi connectivity index (χ1) is 15.5. The fourth-order valence-corrected chi connectivity index (χ4v) is 4.28. The van der Waals surface area contributed by atoms with E-state index in [1.165, 1.54) is 19.1 Å². The predicted octanol–water partition coefficient (Wildman–Crippen LogP) is 3.24. The molecule has 11 heteroatoms. The lowest BCUT2D eigenvalue weighted by atomic mass is 10.0. The molecule has 32 heavy (non-hydrogen) atoms. The molecular formula is C21H21F2N5O4. The lowest BCUT2D eigenvalue weighted by Crippen LogP contribution is -2.50. The highest BCUT2D eigenvalue weighted by Crippen LogP contribution is 2.42. The number of pyridine rings is 1. The standard InChI is InChI=1S/C21H21F2N5O4/c1-30-14-5-15(31-2)17(23)19(16(14)22)28-9-12-6-24-20-13(7-25-26-20)18(12)27(21(28)29)8-11-3-4-32-10-11/h5-7,11H,3-4,8-10H2,1-2H3,(H,24,25,26)/t11-/m1/s1. The van der Waals surface area contributed by atoms with E-state index in [2.05, 4.69) is 15.2 Å². The molecule has 0 aliphatic carbocycles. The van der Waals surface area contributed by atoms with Crippen LogP contribution in [0.1, 0.15) is 12.0 Å². The smallest absolute Gasteiger partial charge is 0.329 e. The van der Waals surface area contributed by atoms with Crippen LogP contribution in [0.3, 0.4) is 0 Å². The summed E-state index contributed by atoms with van der Waals surface area (Å²) in [5.74, 6) is -2.32. The van der Waals surface area contributed by atoms with Gasteiger partial charge in [0, 0.05) is 36.9 Å². The second-order valence-corrected chi connectivity index (χ2v) is 7.73. The number of hydrogen-bond acceptors (Lipinski definition) is 6. The Kier molecular flexibility index (Phi) is 5.04. The van der Waals surface area contributed by atoms with Crippen molar-refractivity contribution in [3.05, 3.63) is 35.7 Å². The lowest BCUT2D eigenvalue weighted by Gasteiger charge is -2.38. The van der Waals surface area contributed by atoms with Gasteiger partial charge in [-0.05, 0) is 6.42 Å². The van der Waals surface area contributed by atoms with Crippen molar-refractivity contribution in [2.75, 3.05) is 43.8 Å². The molecule has 4 heterocycles. The Morgan fingerprint density at radius 3 is 2.59 bits per heavy atom. The van der Waals surface area contributed by atoms with Gasteiger partial charge in [-0.15, -0.1) is 0 Å². The highest BCUT2D eigenvalue weighted by atomic mass is 19.1. The summed E-state index contributed by atoms with van der Waals surface area (Å²) in [6.07, 6.45) is 3.97. The number of rotatable bonds is 5. The Morgan fingerprint density at radius 2 is 1.94 bits per heavy atom. The molecule has 9 nitrogen and oxygen atoms in total. The first-order valence-corrected chi connectivity index (χ1v) is 10.1. The summed E-state index contributed by atoms with van der Waals surface area (Å²) in [4.78, 5) is 20.6. The minimum absolute atomic E-state index is 0.0793. The number of benzene rings is 1. The van der Waals surface area contributed by atoms with E-state index in [9.17, 15) is 4.79 Å². The summed E-state index contributed by atoms with van der Waals surface area (Å²) in [7, 11) is 2.53. The van der Waals surface area contributed by atoms with Crippen molar-refractivity contribution in [2.24, 2.45) is 5.92 Å². The summed E-state index contributed by atoms with van der Waals surface area (Å²) in [5.41, 5.74) is 1.26. The Balaban J connectivity index is 1.67. The van der Waals surface area contributed by atoms with E-state index in [0.717, 1.165) is 17.4 Å². The average Bonchev–Trinajstić information content (AvgIpc) is 3.48. The zero-order valence-electron chi connectivity index (χ0n) is 17.5. The molecule has 1 saturated heterocycles. The number of nitrogens with zero attached hydrogens (tertiary/aromatic N) is 4. The fraction of sp³-hybridized carbons (Fsp3) is 0.381. The molecule has 168 valence electrons. The second-order valence-electron chi connectivity index (χ2n) is 7.73. The van der Waals surface area contributed by atoms with Crippen molar-refractivity contribution >= 4 is 28.4 Å². The zero-order chi connectivity index (χ0) is 22.4. The predicted molar refractivity (Wildman–Crippen MR) is 111 cm³/mol. The van der Waals surface area contributed by atoms with Gasteiger partial charge < -0.3 is 14.2 Å². The lowest BCUT2D eigenvalue weighted by molar-refractivity contribution is 0.186. The van der Waals surface area contributed by atoms with Crippen LogP contribution in [0.25, 0.3) is 11.0 Å². The number of methoxy groups -OCH3 is 2. The number of aromatic nitrogens is 3. The van der Waals surface area contributed by atoms with Crippen molar-refractivity contribution in [3.63, 3.8) is 0 Å². The number of carbonyl (C=O) groups excluding carboxylic acids is 1. The van der Waals surface area contributed by atoms with Crippen LogP contribution in [0.5, 0.6) is 11.5 Å². The van der Waals surface area contributed by atoms with E-state index in [-0.39, 0.29) is 24.0 Å². The molecular weight excluding hydrogens is 424 g/mol. The molecule has 2 amide bonds. The van der Waals surface area contributed by atoms with Gasteiger partial charge in [0.1, 0.15) is 5.69 Å². The molecule has 2 aromatic heterocycles. The Bertz CT molecular complexity index is 1170. The minimum Gasteiger partial charge on any atom is -0.493 e. The number of H-pyrrole nitrogens is 1. The van der Waals surface area contributed by atoms with Crippen LogP contribution < -0.4 is 19.3 Å². The number of aromatic amines is 1. The molecule has 2 aliphatic rings. The molecule has 0 unspecified atom stereocenters. The van der Waals surface area contributed by atoms with Crippen LogP contribution in [0.15, 0.2) is 18.5 Å². The number of hydrogen-bond donors (Lipinski definition) is 1. The van der Waals surface area contributed by atoms with E-state index in [1.54, 1.807) is 12.4 Å². The highest BCUT2D eigenvalue weighted by molar-refractivity contribution is 6.11. The average molecular weight is 445 g/mol. The maximum absolute atomic E-state index is 15.2. The van der Waals surface area contributed by atoms with Gasteiger partial charge >= 0.3 is 6.03 Å². The number of anilines is 2. The van der Waals surface area contributed by atoms with Crippen LogP contribution in [0.2, 0.25) is 0 Å². The number of halogens is 2. The summed E-state index contributed by atoms with van der Waals surface area (Å²) in [6, 6.07) is 0.548. The largest absolute Gasteiger partial charge is 0.493 e. The third-order valence-corrected chi connectivity index (χ3v) is 5.87. The topological polar surface area (TPSA) is 92.8 Å². The van der Waals surface area contributed by atoms with Gasteiger partial charge in [0.2, 0.25) is 0 Å². The van der Waals surface area contributed by atoms with Crippen LogP contribution in [0, 0.1) is 17.6 Å². The Hall–Kier alpha value is -3.47. The minimum atomic E-state index is -0.982. The third-order valence-electron chi connectivity index (χ3n) is 5.87. The van der Waals surface area contributed by atoms with Gasteiger partial charge in [0.05, 0.1) is 44.6 Å². The number of carbonyl (C=O) groups is 1. The van der Waals surface area contributed by atoms with Crippen molar-refractivity contribution < 1.29 is 27.8 Å². The Morgan fingerprint density at radius 1 is 1.19 bits per heavy atom. The van der Waals surface area contributed by atoms with Crippen LogP contribution >= 0.6 is 0 Å². The summed E-state index contributed by atoms with van der Waals surface area (Å²) in [6.45, 7) is 1.37. The number of urea groups is 1. The number of nitrogens with one attached hydrogen (secondary N) is 1. The van der Waals surface area contributed by atoms with Crippen LogP contribution in [0.4, 0.5) is 25.0 Å². The Labute approximate surface area is 181 Å². The molecule has 2 aliphatic heterocycles. The van der Waals surface area contributed by atoms with Gasteiger partial charge in [0.15, 0.2) is 28.8 Å². The van der Waals surface area contributed by atoms with Crippen molar-refractivity contribution in [1.82, 2.24) is 15.2 Å². The van der Waals surface area contributed by atoms with E-state index >= 15 is 8.78 Å². The molecule has 1 fully saturated rings. The first-order valence-electron chi connectivity index (χ1n) is 10.1. The van der Waals surface area contributed by atoms with Gasteiger partial charge in [-0.3, -0.25) is 14.9 Å². The molecule has 5 rings (SSSR count). The van der Waals surface area contributed by atoms with Crippen LogP contribution in [-0.4, -0.2) is 55.2 Å². The molecule has 1 N–H and O–H groups in total. The molecule has 1 atom stereocenters. The normalized spacial score (nSPS) is 18.4. The highest BCUT2D eigenvalue weighted by Gasteiger charge is 2.39. The SMILES string of the molecule is COc1cc(OC)c(F)c(N2Cc3cnc4[nH]ncc4c3N(C[C@H]3CCOC3)C2=O)c1F. The van der Waals surface area contributed by atoms with Gasteiger partial charge in [0.25, 0.3) is 0 Å². The van der Waals surface area contributed by atoms with E-state index in [4.69, 9.17) is 14.2 Å². The third kappa shape index (κ3) is 3.11. The van der Waals surface area contributed by atoms with E-state index in [0.29, 0.717) is 42.0 Å². The van der Waals surface area contributed by atoms with Gasteiger partial charge in [-0.1, -0.05) is 0 Å². The summed E-state index contributed by atoms with van der Waals surface area (Å²) < 4.78 is 46.0. The van der Waals surface area contributed by atoms with Gasteiger partial charge in [-0.2, -0.15) is 5.10 Å². The maximum atomic E-state index is 15.2. The quantitative estimate of drug-likeness (QED) is 0.648. The monoisotopic (exact) mass is 445 g/mol. The van der Waals surface area contributed by atoms with Crippen molar-refractivity contribution in [1.29, 1.82) is 0 Å². The van der Waals surface area contributed by atoms with Crippen molar-refractivity contribution in [3.8, 4) is 11.5 Å². The first kappa shape index (κ1) is 20.4. The van der Waals surface area contributed by atoms with E-state index in [1.807, 2.05) is 0 Å². The maximum Gasteiger partial charge on any atom is 0.329 e. The zero-order valence-corrected chi connectivity index (χ0v) is 17.5. The molecule has 3 aromatic rings. The van der Waals surface area contributed by atoms with E-state index < -0.39 is 23.4 Å². The summed E-state index contributed by atoms with van der Waals surface area (Å²) in [5, 5.41) is 7.50. The number of fused-ring (bicyclic) bond motifs is 3. The second kappa shape index (κ2) is 7.90. The molecule has 0 saturated carbocycles. The number of ether oxygens (including phenoxy) is 3. The molecule has 0 bridgehead atoms. The number of amides is 2.